The van der Waals surface area contributed by atoms with Crippen LogP contribution in [0.5, 0.6) is 0 Å². The number of carbonyl (C=O) groups is 1. The number of hydrogen-bond acceptors (Lipinski definition) is 2. The van der Waals surface area contributed by atoms with Gasteiger partial charge in [0.2, 0.25) is 0 Å². The largest absolute Gasteiger partial charge is 0.478 e. The molecule has 0 fully saturated rings. The molecule has 0 atom stereocenters. The molecule has 4 aromatic rings. The number of carboxylic acids is 1. The van der Waals surface area contributed by atoms with Gasteiger partial charge in [-0.15, -0.1) is 0 Å². The zero-order valence-corrected chi connectivity index (χ0v) is 17.8. The lowest BCUT2D eigenvalue weighted by atomic mass is 9.99. The van der Waals surface area contributed by atoms with E-state index in [1.54, 1.807) is 27.3 Å². The molecule has 4 rings (SSSR count). The van der Waals surface area contributed by atoms with Gasteiger partial charge in [-0.3, -0.25) is 9.13 Å². The van der Waals surface area contributed by atoms with Gasteiger partial charge in [0, 0.05) is 18.3 Å². The van der Waals surface area contributed by atoms with E-state index in [4.69, 9.17) is 0 Å². The molecule has 0 aliphatic heterocycles. The first-order chi connectivity index (χ1) is 15.6. The molecule has 1 N–H and O–H groups in total. The summed E-state index contributed by atoms with van der Waals surface area (Å²) in [5.74, 6) is -0.952. The smallest absolute Gasteiger partial charge is 0.336 e. The predicted octanol–water partition coefficient (Wildman–Crippen LogP) is 5.17. The van der Waals surface area contributed by atoms with E-state index in [9.17, 15) is 14.7 Å². The Hall–Kier alpha value is -4.12. The maximum Gasteiger partial charge on any atom is 0.336 e. The summed E-state index contributed by atoms with van der Waals surface area (Å²) in [7, 11) is 0. The van der Waals surface area contributed by atoms with Crippen molar-refractivity contribution in [3.63, 3.8) is 0 Å². The summed E-state index contributed by atoms with van der Waals surface area (Å²) in [6, 6.07) is 24.2. The molecule has 0 amide bonds. The van der Waals surface area contributed by atoms with Crippen molar-refractivity contribution in [1.29, 1.82) is 0 Å². The highest BCUT2D eigenvalue weighted by Gasteiger charge is 2.14. The highest BCUT2D eigenvalue weighted by molar-refractivity contribution is 5.95. The zero-order valence-electron chi connectivity index (χ0n) is 17.8. The summed E-state index contributed by atoms with van der Waals surface area (Å²) in [5.41, 5.74) is 4.41. The number of benzene rings is 3. The van der Waals surface area contributed by atoms with Crippen molar-refractivity contribution in [3.8, 4) is 16.8 Å². The minimum atomic E-state index is -0.952. The number of imidazole rings is 1. The van der Waals surface area contributed by atoms with Gasteiger partial charge in [0.15, 0.2) is 0 Å². The maximum absolute atomic E-state index is 13.2. The molecule has 5 nitrogen and oxygen atoms in total. The average molecular weight is 425 g/mol. The molecule has 0 saturated heterocycles. The van der Waals surface area contributed by atoms with Crippen LogP contribution in [0, 0.1) is 0 Å². The van der Waals surface area contributed by atoms with Crippen molar-refractivity contribution in [2.45, 2.75) is 19.9 Å². The topological polar surface area (TPSA) is 64.2 Å². The second kappa shape index (κ2) is 9.35. The second-order valence-corrected chi connectivity index (χ2v) is 7.52. The van der Waals surface area contributed by atoms with Gasteiger partial charge >= 0.3 is 11.7 Å². The highest BCUT2D eigenvalue weighted by Crippen LogP contribution is 2.24. The fourth-order valence-electron chi connectivity index (χ4n) is 3.76. The summed E-state index contributed by atoms with van der Waals surface area (Å²) in [5, 5.41) is 9.46. The fraction of sp³-hybridized carbons (Fsp3) is 0.111. The van der Waals surface area contributed by atoms with Crippen LogP contribution in [0.4, 0.5) is 0 Å². The molecule has 0 saturated carbocycles. The van der Waals surface area contributed by atoms with Gasteiger partial charge in [-0.1, -0.05) is 72.8 Å². The summed E-state index contributed by atoms with van der Waals surface area (Å²) < 4.78 is 3.46. The number of hydrogen-bond donors (Lipinski definition) is 1. The first-order valence-electron chi connectivity index (χ1n) is 10.5. The Morgan fingerprint density at radius 3 is 2.31 bits per heavy atom. The normalized spacial score (nSPS) is 11.2. The average Bonchev–Trinajstić information content (AvgIpc) is 3.14. The second-order valence-electron chi connectivity index (χ2n) is 7.52. The van der Waals surface area contributed by atoms with Gasteiger partial charge in [0.25, 0.3) is 0 Å². The van der Waals surface area contributed by atoms with Crippen molar-refractivity contribution >= 4 is 5.97 Å². The predicted molar refractivity (Wildman–Crippen MR) is 126 cm³/mol. The Morgan fingerprint density at radius 1 is 0.938 bits per heavy atom. The Bertz CT molecular complexity index is 1310. The molecule has 1 aromatic heterocycles. The van der Waals surface area contributed by atoms with Crippen LogP contribution in [0.1, 0.15) is 28.5 Å². The highest BCUT2D eigenvalue weighted by atomic mass is 16.4. The Morgan fingerprint density at radius 2 is 1.62 bits per heavy atom. The summed E-state index contributed by atoms with van der Waals surface area (Å²) in [4.78, 5) is 24.7. The van der Waals surface area contributed by atoms with Crippen LogP contribution in [-0.2, 0) is 13.0 Å². The monoisotopic (exact) mass is 424 g/mol. The third kappa shape index (κ3) is 4.32. The van der Waals surface area contributed by atoms with Crippen molar-refractivity contribution < 1.29 is 9.90 Å². The van der Waals surface area contributed by atoms with E-state index in [1.165, 1.54) is 0 Å². The van der Waals surface area contributed by atoms with E-state index in [1.807, 2.05) is 85.9 Å². The summed E-state index contributed by atoms with van der Waals surface area (Å²) >= 11 is 0. The molecule has 0 unspecified atom stereocenters. The Kier molecular flexibility index (Phi) is 6.17. The molecular formula is C27H24N2O3. The zero-order chi connectivity index (χ0) is 22.5. The van der Waals surface area contributed by atoms with E-state index >= 15 is 0 Å². The first kappa shape index (κ1) is 21.1. The van der Waals surface area contributed by atoms with Crippen LogP contribution in [0.15, 0.2) is 102 Å². The molecular weight excluding hydrogens is 400 g/mol. The van der Waals surface area contributed by atoms with E-state index in [0.29, 0.717) is 18.5 Å². The van der Waals surface area contributed by atoms with E-state index in [2.05, 4.69) is 0 Å². The van der Waals surface area contributed by atoms with Crippen LogP contribution in [0.3, 0.4) is 0 Å². The fourth-order valence-corrected chi connectivity index (χ4v) is 3.76. The SMILES string of the molecule is CC=CCc1cn(-c2ccccc2)c(=O)n1Cc1ccc(-c2ccccc2C(=O)O)cc1. The van der Waals surface area contributed by atoms with E-state index < -0.39 is 5.97 Å². The van der Waals surface area contributed by atoms with Gasteiger partial charge in [0.05, 0.1) is 17.8 Å². The van der Waals surface area contributed by atoms with Crippen LogP contribution >= 0.6 is 0 Å². The van der Waals surface area contributed by atoms with E-state index in [-0.39, 0.29) is 11.3 Å². The van der Waals surface area contributed by atoms with Crippen LogP contribution in [-0.4, -0.2) is 20.2 Å². The number of para-hydroxylation sites is 1. The molecule has 0 bridgehead atoms. The minimum absolute atomic E-state index is 0.0870. The summed E-state index contributed by atoms with van der Waals surface area (Å²) in [6.45, 7) is 2.40. The number of aromatic nitrogens is 2. The number of carboxylic acid groups (broad SMARTS) is 1. The molecule has 5 heteroatoms. The molecule has 0 aliphatic carbocycles. The third-order valence-corrected chi connectivity index (χ3v) is 5.42. The van der Waals surface area contributed by atoms with E-state index in [0.717, 1.165) is 22.5 Å². The molecule has 0 aliphatic rings. The van der Waals surface area contributed by atoms with Crippen molar-refractivity contribution in [2.75, 3.05) is 0 Å². The number of aromatic carboxylic acids is 1. The quantitative estimate of drug-likeness (QED) is 0.416. The lowest BCUT2D eigenvalue weighted by Crippen LogP contribution is -2.24. The van der Waals surface area contributed by atoms with Crippen LogP contribution < -0.4 is 5.69 Å². The first-order valence-corrected chi connectivity index (χ1v) is 10.5. The van der Waals surface area contributed by atoms with Crippen molar-refractivity contribution in [2.24, 2.45) is 0 Å². The molecule has 0 spiro atoms. The molecule has 0 radical (unpaired) electrons. The van der Waals surface area contributed by atoms with Gasteiger partial charge in [-0.05, 0) is 41.8 Å². The van der Waals surface area contributed by atoms with Gasteiger partial charge < -0.3 is 5.11 Å². The lowest BCUT2D eigenvalue weighted by molar-refractivity contribution is 0.0697. The van der Waals surface area contributed by atoms with Gasteiger partial charge in [-0.25, -0.2) is 9.59 Å². The lowest BCUT2D eigenvalue weighted by Gasteiger charge is -2.09. The summed E-state index contributed by atoms with van der Waals surface area (Å²) in [6.07, 6.45) is 6.57. The van der Waals surface area contributed by atoms with Crippen LogP contribution in [0.2, 0.25) is 0 Å². The molecule has 1 heterocycles. The Labute approximate surface area is 186 Å². The maximum atomic E-state index is 13.2. The molecule has 3 aromatic carbocycles. The Balaban J connectivity index is 1.68. The number of rotatable bonds is 7. The van der Waals surface area contributed by atoms with Gasteiger partial charge in [0.1, 0.15) is 0 Å². The number of nitrogens with zero attached hydrogens (tertiary/aromatic N) is 2. The molecule has 32 heavy (non-hydrogen) atoms. The van der Waals surface area contributed by atoms with Crippen molar-refractivity contribution in [3.05, 3.63) is 125 Å². The minimum Gasteiger partial charge on any atom is -0.478 e. The van der Waals surface area contributed by atoms with Crippen LogP contribution in [0.25, 0.3) is 16.8 Å². The van der Waals surface area contributed by atoms with Crippen molar-refractivity contribution in [1.82, 2.24) is 9.13 Å². The van der Waals surface area contributed by atoms with Gasteiger partial charge in [-0.2, -0.15) is 0 Å². The molecule has 160 valence electrons. The third-order valence-electron chi connectivity index (χ3n) is 5.42. The standard InChI is InChI=1S/C27H24N2O3/c1-2-3-9-23-19-29(22-10-5-4-6-11-22)27(32)28(23)18-20-14-16-21(17-15-20)24-12-7-8-13-25(24)26(30)31/h2-8,10-17,19H,9,18H2,1H3,(H,30,31). The number of allylic oxidation sites excluding steroid dienone is 2.